The molecule has 1 N–H and O–H groups in total. The predicted molar refractivity (Wildman–Crippen MR) is 122 cm³/mol. The third kappa shape index (κ3) is 5.20. The van der Waals surface area contributed by atoms with Crippen LogP contribution in [0.1, 0.15) is 36.8 Å². The van der Waals surface area contributed by atoms with Gasteiger partial charge in [-0.25, -0.2) is 4.39 Å². The van der Waals surface area contributed by atoms with E-state index in [-0.39, 0.29) is 48.9 Å². The van der Waals surface area contributed by atoms with Gasteiger partial charge in [0.05, 0.1) is 5.56 Å². The van der Waals surface area contributed by atoms with Crippen LogP contribution in [0.5, 0.6) is 0 Å². The Morgan fingerprint density at radius 2 is 1.81 bits per heavy atom. The normalized spacial score (nSPS) is 17.7. The molecule has 1 aromatic heterocycles. The molecule has 0 atom stereocenters. The zero-order valence-electron chi connectivity index (χ0n) is 19.2. The van der Waals surface area contributed by atoms with E-state index in [2.05, 4.69) is 15.5 Å². The van der Waals surface area contributed by atoms with E-state index in [1.165, 1.54) is 12.1 Å². The molecular formula is C25H24F4N4O3. The zero-order valence-corrected chi connectivity index (χ0v) is 19.2. The highest BCUT2D eigenvalue weighted by atomic mass is 19.4. The number of benzene rings is 2. The van der Waals surface area contributed by atoms with E-state index in [0.29, 0.717) is 18.6 Å². The second-order valence-electron chi connectivity index (χ2n) is 9.07. The molecule has 0 bridgehead atoms. The molecule has 11 heteroatoms. The molecule has 0 spiro atoms. The van der Waals surface area contributed by atoms with Gasteiger partial charge in [-0.05, 0) is 48.7 Å². The summed E-state index contributed by atoms with van der Waals surface area (Å²) >= 11 is 0. The van der Waals surface area contributed by atoms with E-state index in [1.807, 2.05) is 12.1 Å². The first-order valence-corrected chi connectivity index (χ1v) is 11.7. The maximum absolute atomic E-state index is 13.9. The highest BCUT2D eigenvalue weighted by molar-refractivity contribution is 5.67. The molecule has 0 radical (unpaired) electrons. The van der Waals surface area contributed by atoms with Gasteiger partial charge in [-0.1, -0.05) is 17.3 Å². The number of hydrogen-bond acceptors (Lipinski definition) is 7. The molecule has 2 fully saturated rings. The van der Waals surface area contributed by atoms with Crippen molar-refractivity contribution in [2.45, 2.75) is 50.3 Å². The molecule has 2 aromatic carbocycles. The van der Waals surface area contributed by atoms with Gasteiger partial charge in [-0.2, -0.15) is 18.2 Å². The first-order valence-electron chi connectivity index (χ1n) is 11.7. The number of hydrogen-bond donors (Lipinski definition) is 1. The number of carbonyl (C=O) groups excluding carboxylic acids is 1. The van der Waals surface area contributed by atoms with Crippen LogP contribution in [0.4, 0.5) is 23.2 Å². The van der Waals surface area contributed by atoms with Crippen molar-refractivity contribution >= 4 is 12.2 Å². The van der Waals surface area contributed by atoms with Crippen molar-refractivity contribution in [3.8, 4) is 22.8 Å². The summed E-state index contributed by atoms with van der Waals surface area (Å²) in [6, 6.07) is 11.1. The van der Waals surface area contributed by atoms with Gasteiger partial charge in [-0.3, -0.25) is 10.1 Å². The number of anilines is 1. The van der Waals surface area contributed by atoms with Crippen LogP contribution in [-0.2, 0) is 22.3 Å². The quantitative estimate of drug-likeness (QED) is 0.259. The lowest BCUT2D eigenvalue weighted by molar-refractivity contribution is -0.138. The molecule has 1 saturated heterocycles. The van der Waals surface area contributed by atoms with Crippen LogP contribution in [0, 0.1) is 0 Å². The Hall–Kier alpha value is -3.47. The summed E-state index contributed by atoms with van der Waals surface area (Å²) in [7, 11) is 0. The lowest BCUT2D eigenvalue weighted by Crippen LogP contribution is -2.35. The molecule has 0 amide bonds. The monoisotopic (exact) mass is 504 g/mol. The average Bonchev–Trinajstić information content (AvgIpc) is 3.45. The van der Waals surface area contributed by atoms with Gasteiger partial charge in [0.1, 0.15) is 6.17 Å². The predicted octanol–water partition coefficient (Wildman–Crippen LogP) is 5.11. The summed E-state index contributed by atoms with van der Waals surface area (Å²) < 4.78 is 65.5. The Bertz CT molecular complexity index is 1220. The number of alkyl halides is 4. The van der Waals surface area contributed by atoms with E-state index in [0.717, 1.165) is 24.5 Å². The summed E-state index contributed by atoms with van der Waals surface area (Å²) in [4.78, 5) is 16.4. The van der Waals surface area contributed by atoms with Gasteiger partial charge < -0.3 is 14.2 Å². The minimum Gasteiger partial charge on any atom is -0.446 e. The molecule has 0 unspecified atom stereocenters. The van der Waals surface area contributed by atoms with Crippen LogP contribution < -0.4 is 10.2 Å². The summed E-state index contributed by atoms with van der Waals surface area (Å²) in [5.41, 5.74) is 0.374. The van der Waals surface area contributed by atoms with Crippen molar-refractivity contribution < 1.29 is 31.6 Å². The molecule has 2 heterocycles. The lowest BCUT2D eigenvalue weighted by Gasteiger charge is -2.32. The number of nitrogens with zero attached hydrogens (tertiary/aromatic N) is 3. The minimum atomic E-state index is -4.59. The minimum absolute atomic E-state index is 0.0255. The maximum atomic E-state index is 13.9. The summed E-state index contributed by atoms with van der Waals surface area (Å²) in [6.45, 7) is 1.40. The average molecular weight is 504 g/mol. The topological polar surface area (TPSA) is 80.5 Å². The third-order valence-electron chi connectivity index (χ3n) is 6.54. The number of piperidine rings is 1. The molecular weight excluding hydrogens is 480 g/mol. The van der Waals surface area contributed by atoms with Gasteiger partial charge in [0.25, 0.3) is 12.4 Å². The highest BCUT2D eigenvalue weighted by Crippen LogP contribution is 2.40. The van der Waals surface area contributed by atoms with Crippen molar-refractivity contribution in [2.24, 2.45) is 0 Å². The smallest absolute Gasteiger partial charge is 0.418 e. The van der Waals surface area contributed by atoms with Crippen LogP contribution in [0.15, 0.2) is 47.0 Å². The Kier molecular flexibility index (Phi) is 6.42. The number of rotatable bonds is 8. The molecule has 36 heavy (non-hydrogen) atoms. The number of carbonyl (C=O) groups is 1. The van der Waals surface area contributed by atoms with E-state index in [9.17, 15) is 22.4 Å². The Morgan fingerprint density at radius 3 is 2.44 bits per heavy atom. The van der Waals surface area contributed by atoms with Crippen LogP contribution in [0.3, 0.4) is 0 Å². The number of nitrogens with one attached hydrogen (secondary N) is 1. The van der Waals surface area contributed by atoms with Crippen molar-refractivity contribution in [3.63, 3.8) is 0 Å². The second-order valence-corrected chi connectivity index (χ2v) is 9.07. The van der Waals surface area contributed by atoms with E-state index >= 15 is 0 Å². The lowest BCUT2D eigenvalue weighted by atomic mass is 10.0. The van der Waals surface area contributed by atoms with Crippen LogP contribution >= 0.6 is 0 Å². The molecule has 5 rings (SSSR count). The molecule has 1 saturated carbocycles. The standard InChI is InChI=1S/C25H24F4N4O3/c26-19-7-11-33(12-8-19)21-6-5-18(13-20(21)25(27,28)29)22-31-23(36-32-22)17-3-1-16(2-4-17)14-30-24(9-10-24)35-15-34/h1-6,13,15,19,30H,7-12,14H2. The Balaban J connectivity index is 1.32. The molecule has 7 nitrogen and oxygen atoms in total. The number of aromatic nitrogens is 2. The van der Waals surface area contributed by atoms with E-state index in [1.54, 1.807) is 17.0 Å². The summed E-state index contributed by atoms with van der Waals surface area (Å²) in [6.07, 6.45) is -3.64. The third-order valence-corrected chi connectivity index (χ3v) is 6.54. The fraction of sp³-hybridized carbons (Fsp3) is 0.400. The summed E-state index contributed by atoms with van der Waals surface area (Å²) in [5, 5.41) is 7.08. The van der Waals surface area contributed by atoms with Gasteiger partial charge in [0, 0.05) is 49.3 Å². The first kappa shape index (κ1) is 24.2. The van der Waals surface area contributed by atoms with Crippen LogP contribution in [-0.4, -0.2) is 41.6 Å². The van der Waals surface area contributed by atoms with Crippen molar-refractivity contribution in [1.29, 1.82) is 0 Å². The molecule has 1 aliphatic heterocycles. The van der Waals surface area contributed by atoms with E-state index in [4.69, 9.17) is 9.26 Å². The van der Waals surface area contributed by atoms with Crippen LogP contribution in [0.2, 0.25) is 0 Å². The fourth-order valence-corrected chi connectivity index (χ4v) is 4.30. The fourth-order valence-electron chi connectivity index (χ4n) is 4.30. The molecule has 2 aliphatic rings. The van der Waals surface area contributed by atoms with Crippen molar-refractivity contribution in [1.82, 2.24) is 15.5 Å². The van der Waals surface area contributed by atoms with E-state index < -0.39 is 23.6 Å². The molecule has 190 valence electrons. The highest BCUT2D eigenvalue weighted by Gasteiger charge is 2.44. The molecule has 1 aliphatic carbocycles. The Labute approximate surface area is 204 Å². The Morgan fingerprint density at radius 1 is 1.11 bits per heavy atom. The molecule has 3 aromatic rings. The van der Waals surface area contributed by atoms with Gasteiger partial charge >= 0.3 is 6.18 Å². The SMILES string of the molecule is O=COC1(NCc2ccc(-c3nc(-c4ccc(N5CCC(F)CC5)c(C(F)(F)F)c4)no3)cc2)CC1. The largest absolute Gasteiger partial charge is 0.446 e. The van der Waals surface area contributed by atoms with Gasteiger partial charge in [0.15, 0.2) is 5.72 Å². The van der Waals surface area contributed by atoms with Gasteiger partial charge in [0.2, 0.25) is 5.82 Å². The van der Waals surface area contributed by atoms with Crippen LogP contribution in [0.25, 0.3) is 22.8 Å². The zero-order chi connectivity index (χ0) is 25.3. The number of halogens is 4. The van der Waals surface area contributed by atoms with Crippen molar-refractivity contribution in [2.75, 3.05) is 18.0 Å². The second kappa shape index (κ2) is 9.53. The maximum Gasteiger partial charge on any atom is 0.418 e. The summed E-state index contributed by atoms with van der Waals surface area (Å²) in [5.74, 6) is 0.215. The first-order chi connectivity index (χ1) is 17.3. The number of ether oxygens (including phenoxy) is 1. The van der Waals surface area contributed by atoms with Crippen molar-refractivity contribution in [3.05, 3.63) is 53.6 Å². The van der Waals surface area contributed by atoms with Gasteiger partial charge in [-0.15, -0.1) is 0 Å².